The maximum absolute atomic E-state index is 12.5. The van der Waals surface area contributed by atoms with Gasteiger partial charge in [-0.15, -0.1) is 0 Å². The first-order chi connectivity index (χ1) is 13.0. The lowest BCUT2D eigenvalue weighted by molar-refractivity contribution is -0.113. The van der Waals surface area contributed by atoms with Crippen molar-refractivity contribution in [1.29, 1.82) is 5.26 Å². The highest BCUT2D eigenvalue weighted by Gasteiger charge is 2.21. The van der Waals surface area contributed by atoms with Crippen molar-refractivity contribution in [1.82, 2.24) is 4.98 Å². The first-order valence-corrected chi connectivity index (χ1v) is 9.37. The number of aryl methyl sites for hydroxylation is 1. The minimum Gasteiger partial charge on any atom is -0.433 e. The minimum atomic E-state index is -2.98. The van der Waals surface area contributed by atoms with E-state index in [1.165, 1.54) is 12.1 Å². The molecule has 0 saturated heterocycles. The predicted octanol–water partition coefficient (Wildman–Crippen LogP) is 4.08. The zero-order chi connectivity index (χ0) is 19.4. The molecule has 0 unspecified atom stereocenters. The van der Waals surface area contributed by atoms with Crippen LogP contribution in [0.5, 0.6) is 5.75 Å². The smallest absolute Gasteiger partial charge is 0.387 e. The van der Waals surface area contributed by atoms with Gasteiger partial charge in [0.15, 0.2) is 0 Å². The summed E-state index contributed by atoms with van der Waals surface area (Å²) in [5.74, 6) is -0.493. The summed E-state index contributed by atoms with van der Waals surface area (Å²) in [6.07, 6.45) is 2.82. The first kappa shape index (κ1) is 19.1. The van der Waals surface area contributed by atoms with Gasteiger partial charge in [0.2, 0.25) is 5.91 Å². The zero-order valence-corrected chi connectivity index (χ0v) is 15.4. The van der Waals surface area contributed by atoms with Crippen molar-refractivity contribution >= 4 is 23.4 Å². The van der Waals surface area contributed by atoms with E-state index in [1.54, 1.807) is 12.1 Å². The molecule has 2 aromatic rings. The number of nitrogens with zero attached hydrogens (tertiary/aromatic N) is 2. The molecule has 1 amide bonds. The van der Waals surface area contributed by atoms with E-state index in [0.717, 1.165) is 47.8 Å². The predicted molar refractivity (Wildman–Crippen MR) is 98.1 cm³/mol. The Balaban J connectivity index is 1.71. The van der Waals surface area contributed by atoms with Crippen molar-refractivity contribution in [2.45, 2.75) is 37.8 Å². The Labute approximate surface area is 159 Å². The molecule has 5 nitrogen and oxygen atoms in total. The summed E-state index contributed by atoms with van der Waals surface area (Å²) in [6, 6.07) is 8.17. The molecule has 0 aliphatic heterocycles. The fourth-order valence-electron chi connectivity index (χ4n) is 3.07. The van der Waals surface area contributed by atoms with Crippen LogP contribution in [0.1, 0.15) is 28.8 Å². The molecule has 1 aromatic carbocycles. The fourth-order valence-corrected chi connectivity index (χ4v) is 3.93. The Morgan fingerprint density at radius 1 is 1.41 bits per heavy atom. The molecular weight excluding hydrogens is 372 g/mol. The van der Waals surface area contributed by atoms with Gasteiger partial charge in [0.25, 0.3) is 0 Å². The van der Waals surface area contributed by atoms with Gasteiger partial charge in [0.1, 0.15) is 16.8 Å². The maximum Gasteiger partial charge on any atom is 0.387 e. The van der Waals surface area contributed by atoms with Gasteiger partial charge in [-0.2, -0.15) is 14.0 Å². The number of nitriles is 1. The van der Waals surface area contributed by atoms with E-state index in [9.17, 15) is 18.8 Å². The SMILES string of the molecule is Cc1c(C#N)c(SCC(=O)Nc2ccccc2OC(F)F)nc2c1CCC2. The van der Waals surface area contributed by atoms with Crippen LogP contribution in [-0.2, 0) is 17.6 Å². The van der Waals surface area contributed by atoms with Gasteiger partial charge >= 0.3 is 6.61 Å². The molecule has 3 rings (SSSR count). The molecule has 1 N–H and O–H groups in total. The second kappa shape index (κ2) is 8.35. The maximum atomic E-state index is 12.5. The average Bonchev–Trinajstić information content (AvgIpc) is 3.10. The summed E-state index contributed by atoms with van der Waals surface area (Å²) in [7, 11) is 0. The fraction of sp³-hybridized carbons (Fsp3) is 0.316. The van der Waals surface area contributed by atoms with Crippen LogP contribution in [0.15, 0.2) is 29.3 Å². The average molecular weight is 389 g/mol. The van der Waals surface area contributed by atoms with Crippen molar-refractivity contribution in [2.24, 2.45) is 0 Å². The molecule has 0 saturated carbocycles. The lowest BCUT2D eigenvalue weighted by atomic mass is 10.0. The van der Waals surface area contributed by atoms with E-state index < -0.39 is 12.5 Å². The Bertz CT molecular complexity index is 913. The van der Waals surface area contributed by atoms with Crippen molar-refractivity contribution in [2.75, 3.05) is 11.1 Å². The standard InChI is InChI=1S/C19H17F2N3O2S/c1-11-12-5-4-7-14(12)24-18(13(11)9-22)27-10-17(25)23-15-6-2-3-8-16(15)26-19(20)21/h2-3,6,8,19H,4-5,7,10H2,1H3,(H,23,25). The molecule has 0 atom stereocenters. The number of fused-ring (bicyclic) bond motifs is 1. The summed E-state index contributed by atoms with van der Waals surface area (Å²) in [6.45, 7) is -1.07. The van der Waals surface area contributed by atoms with Crippen LogP contribution in [0.25, 0.3) is 0 Å². The largest absolute Gasteiger partial charge is 0.433 e. The second-order valence-corrected chi connectivity index (χ2v) is 6.98. The zero-order valence-electron chi connectivity index (χ0n) is 14.6. The van der Waals surface area contributed by atoms with Crippen molar-refractivity contribution in [3.8, 4) is 11.8 Å². The van der Waals surface area contributed by atoms with E-state index in [0.29, 0.717) is 10.6 Å². The number of nitrogens with one attached hydrogen (secondary N) is 1. The van der Waals surface area contributed by atoms with Gasteiger partial charge in [0, 0.05) is 5.69 Å². The summed E-state index contributed by atoms with van der Waals surface area (Å²) < 4.78 is 29.3. The Hall–Kier alpha value is -2.66. The van der Waals surface area contributed by atoms with E-state index in [-0.39, 0.29) is 17.2 Å². The van der Waals surface area contributed by atoms with Gasteiger partial charge in [-0.05, 0) is 49.4 Å². The Morgan fingerprint density at radius 2 is 2.19 bits per heavy atom. The number of carbonyl (C=O) groups excluding carboxylic acids is 1. The topological polar surface area (TPSA) is 75.0 Å². The number of pyridine rings is 1. The van der Waals surface area contributed by atoms with Gasteiger partial charge < -0.3 is 10.1 Å². The number of thioether (sulfide) groups is 1. The van der Waals surface area contributed by atoms with E-state index in [4.69, 9.17) is 0 Å². The van der Waals surface area contributed by atoms with Crippen LogP contribution in [0.2, 0.25) is 0 Å². The molecule has 27 heavy (non-hydrogen) atoms. The van der Waals surface area contributed by atoms with Crippen molar-refractivity contribution in [3.05, 3.63) is 46.6 Å². The number of carbonyl (C=O) groups is 1. The molecule has 0 fully saturated rings. The first-order valence-electron chi connectivity index (χ1n) is 8.38. The summed E-state index contributed by atoms with van der Waals surface area (Å²) in [4.78, 5) is 16.8. The minimum absolute atomic E-state index is 0.00290. The van der Waals surface area contributed by atoms with Crippen LogP contribution in [-0.4, -0.2) is 23.3 Å². The lowest BCUT2D eigenvalue weighted by Gasteiger charge is -2.13. The Morgan fingerprint density at radius 3 is 2.93 bits per heavy atom. The highest BCUT2D eigenvalue weighted by molar-refractivity contribution is 8.00. The lowest BCUT2D eigenvalue weighted by Crippen LogP contribution is -2.16. The molecule has 1 aromatic heterocycles. The number of alkyl halides is 2. The number of rotatable bonds is 6. The Kier molecular flexibility index (Phi) is 5.91. The third-order valence-corrected chi connectivity index (χ3v) is 5.27. The second-order valence-electron chi connectivity index (χ2n) is 6.02. The highest BCUT2D eigenvalue weighted by atomic mass is 32.2. The number of anilines is 1. The molecule has 140 valence electrons. The van der Waals surface area contributed by atoms with Crippen LogP contribution in [0.4, 0.5) is 14.5 Å². The molecule has 0 radical (unpaired) electrons. The quantitative estimate of drug-likeness (QED) is 0.754. The van der Waals surface area contributed by atoms with Crippen LogP contribution in [0, 0.1) is 18.3 Å². The summed E-state index contributed by atoms with van der Waals surface area (Å²) >= 11 is 1.16. The van der Waals surface area contributed by atoms with E-state index >= 15 is 0 Å². The number of ether oxygens (including phenoxy) is 1. The number of para-hydroxylation sites is 2. The monoisotopic (exact) mass is 389 g/mol. The third-order valence-electron chi connectivity index (χ3n) is 4.30. The number of hydrogen-bond acceptors (Lipinski definition) is 5. The van der Waals surface area contributed by atoms with Gasteiger partial charge in [-0.1, -0.05) is 23.9 Å². The van der Waals surface area contributed by atoms with Crippen LogP contribution in [0.3, 0.4) is 0 Å². The normalized spacial score (nSPS) is 12.6. The molecule has 1 aliphatic carbocycles. The molecule has 8 heteroatoms. The number of amides is 1. The molecule has 1 heterocycles. The highest BCUT2D eigenvalue weighted by Crippen LogP contribution is 2.32. The summed E-state index contributed by atoms with van der Waals surface area (Å²) in [5.41, 5.74) is 3.72. The third kappa shape index (κ3) is 4.37. The number of halogens is 2. The molecule has 1 aliphatic rings. The van der Waals surface area contributed by atoms with E-state index in [1.807, 2.05) is 6.92 Å². The van der Waals surface area contributed by atoms with Gasteiger partial charge in [-0.25, -0.2) is 4.98 Å². The van der Waals surface area contributed by atoms with Crippen LogP contribution >= 0.6 is 11.8 Å². The van der Waals surface area contributed by atoms with Crippen molar-refractivity contribution < 1.29 is 18.3 Å². The van der Waals surface area contributed by atoms with E-state index in [2.05, 4.69) is 21.1 Å². The summed E-state index contributed by atoms with van der Waals surface area (Å²) in [5, 5.41) is 12.6. The number of benzene rings is 1. The molecule has 0 spiro atoms. The van der Waals surface area contributed by atoms with Gasteiger partial charge in [0.05, 0.1) is 17.0 Å². The van der Waals surface area contributed by atoms with Crippen LogP contribution < -0.4 is 10.1 Å². The number of hydrogen-bond donors (Lipinski definition) is 1. The molecule has 0 bridgehead atoms. The molecular formula is C19H17F2N3O2S. The number of aromatic nitrogens is 1. The van der Waals surface area contributed by atoms with Gasteiger partial charge in [-0.3, -0.25) is 4.79 Å². The van der Waals surface area contributed by atoms with Crippen molar-refractivity contribution in [3.63, 3.8) is 0 Å².